The van der Waals surface area contributed by atoms with Crippen molar-refractivity contribution in [3.8, 4) is 0 Å². The van der Waals surface area contributed by atoms with Crippen molar-refractivity contribution in [3.05, 3.63) is 71.3 Å². The highest BCUT2D eigenvalue weighted by molar-refractivity contribution is 5.70. The molecule has 2 aromatic rings. The highest BCUT2D eigenvalue weighted by Crippen LogP contribution is 2.21. The fraction of sp³-hybridized carbons (Fsp3) is 0.316. The van der Waals surface area contributed by atoms with Crippen molar-refractivity contribution in [2.24, 2.45) is 0 Å². The van der Waals surface area contributed by atoms with Gasteiger partial charge in [0.25, 0.3) is 0 Å². The van der Waals surface area contributed by atoms with Gasteiger partial charge in [0.2, 0.25) is 0 Å². The third-order valence-electron chi connectivity index (χ3n) is 3.62. The van der Waals surface area contributed by atoms with Gasteiger partial charge in [0, 0.05) is 0 Å². The Morgan fingerprint density at radius 1 is 1.00 bits per heavy atom. The van der Waals surface area contributed by atoms with Gasteiger partial charge in [-0.2, -0.15) is 0 Å². The van der Waals surface area contributed by atoms with E-state index >= 15 is 0 Å². The van der Waals surface area contributed by atoms with Crippen LogP contribution in [0.4, 0.5) is 0 Å². The van der Waals surface area contributed by atoms with Crippen molar-refractivity contribution in [3.63, 3.8) is 0 Å². The average Bonchev–Trinajstić information content (AvgIpc) is 2.56. The number of ether oxygens (including phenoxy) is 1. The Bertz CT molecular complexity index is 607. The molecule has 23 heavy (non-hydrogen) atoms. The summed E-state index contributed by atoms with van der Waals surface area (Å²) in [6, 6.07) is 17.5. The zero-order valence-electron chi connectivity index (χ0n) is 13.2. The topological polar surface area (TPSA) is 66.8 Å². The minimum absolute atomic E-state index is 0.221. The molecule has 2 N–H and O–H groups in total. The molecule has 0 saturated heterocycles. The minimum Gasteiger partial charge on any atom is -0.466 e. The van der Waals surface area contributed by atoms with Crippen molar-refractivity contribution < 1.29 is 19.7 Å². The molecule has 0 fully saturated rings. The first-order chi connectivity index (χ1) is 11.1. The van der Waals surface area contributed by atoms with Crippen molar-refractivity contribution in [1.29, 1.82) is 0 Å². The molecule has 2 aromatic carbocycles. The highest BCUT2D eigenvalue weighted by Gasteiger charge is 2.22. The second-order valence-corrected chi connectivity index (χ2v) is 5.43. The maximum absolute atomic E-state index is 11.4. The maximum atomic E-state index is 11.4. The Morgan fingerprint density at radius 3 is 2.22 bits per heavy atom. The Kier molecular flexibility index (Phi) is 6.32. The van der Waals surface area contributed by atoms with Gasteiger partial charge in [-0.25, -0.2) is 0 Å². The Morgan fingerprint density at radius 2 is 1.61 bits per heavy atom. The molecule has 0 aliphatic heterocycles. The number of aliphatic hydroxyl groups excluding tert-OH is 2. The van der Waals surface area contributed by atoms with Crippen molar-refractivity contribution in [2.45, 2.75) is 32.0 Å². The van der Waals surface area contributed by atoms with Crippen LogP contribution in [-0.4, -0.2) is 28.9 Å². The summed E-state index contributed by atoms with van der Waals surface area (Å²) in [5.41, 5.74) is 2.91. The van der Waals surface area contributed by atoms with Crippen LogP contribution in [0, 0.1) is 0 Å². The number of hydrogen-bond acceptors (Lipinski definition) is 4. The largest absolute Gasteiger partial charge is 0.466 e. The summed E-state index contributed by atoms with van der Waals surface area (Å²) in [6.45, 7) is 1.96. The first-order valence-corrected chi connectivity index (χ1v) is 7.74. The van der Waals surface area contributed by atoms with Crippen LogP contribution in [0.5, 0.6) is 0 Å². The molecular formula is C19H22O4. The lowest BCUT2D eigenvalue weighted by Crippen LogP contribution is -2.23. The van der Waals surface area contributed by atoms with Gasteiger partial charge in [0.1, 0.15) is 6.10 Å². The van der Waals surface area contributed by atoms with Crippen LogP contribution in [-0.2, 0) is 16.0 Å². The molecule has 0 aliphatic carbocycles. The van der Waals surface area contributed by atoms with Crippen LogP contribution in [0.3, 0.4) is 0 Å². The van der Waals surface area contributed by atoms with E-state index in [0.29, 0.717) is 5.56 Å². The van der Waals surface area contributed by atoms with Crippen LogP contribution < -0.4 is 0 Å². The van der Waals surface area contributed by atoms with E-state index < -0.39 is 18.2 Å². The normalized spacial score (nSPS) is 13.3. The van der Waals surface area contributed by atoms with Gasteiger partial charge in [0.15, 0.2) is 0 Å². The second kappa shape index (κ2) is 8.46. The van der Waals surface area contributed by atoms with Crippen LogP contribution in [0.1, 0.15) is 36.1 Å². The highest BCUT2D eigenvalue weighted by atomic mass is 16.5. The Balaban J connectivity index is 1.97. The molecule has 122 valence electrons. The monoisotopic (exact) mass is 314 g/mol. The van der Waals surface area contributed by atoms with Crippen LogP contribution in [0.15, 0.2) is 54.6 Å². The third-order valence-corrected chi connectivity index (χ3v) is 3.62. The van der Waals surface area contributed by atoms with E-state index in [0.717, 1.165) is 12.0 Å². The molecule has 0 radical (unpaired) electrons. The molecule has 2 rings (SSSR count). The molecule has 0 spiro atoms. The van der Waals surface area contributed by atoms with E-state index in [1.165, 1.54) is 5.56 Å². The first kappa shape index (κ1) is 17.2. The summed E-state index contributed by atoms with van der Waals surface area (Å²) in [5, 5.41) is 20.1. The number of esters is 1. The fourth-order valence-electron chi connectivity index (χ4n) is 2.39. The molecular weight excluding hydrogens is 292 g/mol. The number of rotatable bonds is 7. The molecule has 2 atom stereocenters. The van der Waals surface area contributed by atoms with Gasteiger partial charge in [-0.1, -0.05) is 54.6 Å². The zero-order chi connectivity index (χ0) is 16.7. The number of benzene rings is 2. The lowest BCUT2D eigenvalue weighted by atomic mass is 9.98. The number of hydrogen-bond donors (Lipinski definition) is 2. The predicted octanol–water partition coefficient (Wildman–Crippen LogP) is 2.62. The second-order valence-electron chi connectivity index (χ2n) is 5.43. The van der Waals surface area contributed by atoms with Crippen molar-refractivity contribution >= 4 is 5.97 Å². The SMILES string of the molecule is CCOC(=O)CC(O)C(O)c1ccc(Cc2ccccc2)cc1. The molecule has 0 bridgehead atoms. The quantitative estimate of drug-likeness (QED) is 0.771. The number of carbonyl (C=O) groups excluding carboxylic acids is 1. The summed E-state index contributed by atoms with van der Waals surface area (Å²) in [6.07, 6.45) is -1.69. The smallest absolute Gasteiger partial charge is 0.308 e. The molecule has 0 aliphatic rings. The minimum atomic E-state index is -1.17. The molecule has 2 unspecified atom stereocenters. The lowest BCUT2D eigenvalue weighted by molar-refractivity contribution is -0.147. The average molecular weight is 314 g/mol. The zero-order valence-corrected chi connectivity index (χ0v) is 13.2. The van der Waals surface area contributed by atoms with Gasteiger partial charge in [-0.3, -0.25) is 4.79 Å². The maximum Gasteiger partial charge on any atom is 0.308 e. The summed E-state index contributed by atoms with van der Waals surface area (Å²) in [4.78, 5) is 11.4. The first-order valence-electron chi connectivity index (χ1n) is 7.74. The van der Waals surface area contributed by atoms with Gasteiger partial charge in [-0.15, -0.1) is 0 Å². The standard InChI is InChI=1S/C19H22O4/c1-2-23-18(21)13-17(20)19(22)16-10-8-15(9-11-16)12-14-6-4-3-5-7-14/h3-11,17,19-20,22H,2,12-13H2,1H3. The fourth-order valence-corrected chi connectivity index (χ4v) is 2.39. The Labute approximate surface area is 136 Å². The van der Waals surface area contributed by atoms with E-state index in [2.05, 4.69) is 12.1 Å². The molecule has 0 saturated carbocycles. The summed E-state index contributed by atoms with van der Waals surface area (Å²) in [5.74, 6) is -0.514. The van der Waals surface area contributed by atoms with Gasteiger partial charge in [-0.05, 0) is 30.0 Å². The van der Waals surface area contributed by atoms with Crippen LogP contribution in [0.2, 0.25) is 0 Å². The number of carbonyl (C=O) groups is 1. The van der Waals surface area contributed by atoms with E-state index in [1.54, 1.807) is 19.1 Å². The van der Waals surface area contributed by atoms with Gasteiger partial charge in [0.05, 0.1) is 19.1 Å². The van der Waals surface area contributed by atoms with E-state index in [9.17, 15) is 15.0 Å². The summed E-state index contributed by atoms with van der Waals surface area (Å²) >= 11 is 0. The summed E-state index contributed by atoms with van der Waals surface area (Å²) in [7, 11) is 0. The third kappa shape index (κ3) is 5.20. The molecule has 0 aromatic heterocycles. The van der Waals surface area contributed by atoms with Crippen LogP contribution >= 0.6 is 0 Å². The van der Waals surface area contributed by atoms with E-state index in [1.807, 2.05) is 30.3 Å². The molecule has 0 heterocycles. The molecule has 4 heteroatoms. The lowest BCUT2D eigenvalue weighted by Gasteiger charge is -2.17. The van der Waals surface area contributed by atoms with Crippen LogP contribution in [0.25, 0.3) is 0 Å². The molecule has 0 amide bonds. The predicted molar refractivity (Wildman–Crippen MR) is 87.9 cm³/mol. The molecule has 4 nitrogen and oxygen atoms in total. The Hall–Kier alpha value is -2.17. The van der Waals surface area contributed by atoms with E-state index in [4.69, 9.17) is 4.74 Å². The van der Waals surface area contributed by atoms with Gasteiger partial charge < -0.3 is 14.9 Å². The van der Waals surface area contributed by atoms with Crippen molar-refractivity contribution in [2.75, 3.05) is 6.61 Å². The summed E-state index contributed by atoms with van der Waals surface area (Å²) < 4.78 is 4.77. The van der Waals surface area contributed by atoms with Crippen molar-refractivity contribution in [1.82, 2.24) is 0 Å². The van der Waals surface area contributed by atoms with E-state index in [-0.39, 0.29) is 13.0 Å². The van der Waals surface area contributed by atoms with Gasteiger partial charge >= 0.3 is 5.97 Å². The number of aliphatic hydroxyl groups is 2.